The summed E-state index contributed by atoms with van der Waals surface area (Å²) >= 11 is 0. The second-order valence-electron chi connectivity index (χ2n) is 20.0. The molecule has 0 spiro atoms. The third-order valence-electron chi connectivity index (χ3n) is 15.1. The van der Waals surface area contributed by atoms with E-state index in [9.17, 15) is 0 Å². The van der Waals surface area contributed by atoms with Crippen molar-refractivity contribution in [2.24, 2.45) is 0 Å². The van der Waals surface area contributed by atoms with E-state index in [0.29, 0.717) is 17.5 Å². The lowest BCUT2D eigenvalue weighted by molar-refractivity contribution is 1.07. The Morgan fingerprint density at radius 2 is 0.430 bits per heavy atom. The van der Waals surface area contributed by atoms with Crippen molar-refractivity contribution in [3.63, 3.8) is 0 Å². The van der Waals surface area contributed by atoms with Crippen molar-refractivity contribution in [1.82, 2.24) is 19.5 Å². The molecule has 2 heterocycles. The van der Waals surface area contributed by atoms with E-state index in [-0.39, 0.29) is 0 Å². The minimum Gasteiger partial charge on any atom is -0.309 e. The molecule has 0 unspecified atom stereocenters. The highest BCUT2D eigenvalue weighted by atomic mass is 15.0. The van der Waals surface area contributed by atoms with Crippen LogP contribution >= 0.6 is 0 Å². The summed E-state index contributed by atoms with van der Waals surface area (Å²) in [5.74, 6) is 1.80. The van der Waals surface area contributed by atoms with E-state index in [2.05, 4.69) is 308 Å². The summed E-state index contributed by atoms with van der Waals surface area (Å²) in [6, 6.07) is 108. The molecule has 0 saturated carbocycles. The predicted octanol–water partition coefficient (Wildman–Crippen LogP) is 19.6. The van der Waals surface area contributed by atoms with Crippen LogP contribution in [0.1, 0.15) is 0 Å². The van der Waals surface area contributed by atoms with Gasteiger partial charge in [0.2, 0.25) is 0 Å². The molecule has 0 radical (unpaired) electrons. The van der Waals surface area contributed by atoms with Crippen molar-refractivity contribution < 1.29 is 0 Å². The minimum absolute atomic E-state index is 0.598. The molecule has 0 aliphatic carbocycles. The first-order valence-corrected chi connectivity index (χ1v) is 26.8. The molecular formula is C75H50N4. The van der Waals surface area contributed by atoms with Crippen molar-refractivity contribution in [2.45, 2.75) is 0 Å². The van der Waals surface area contributed by atoms with Gasteiger partial charge in [0, 0.05) is 33.2 Å². The van der Waals surface area contributed by atoms with Crippen LogP contribution in [0, 0.1) is 0 Å². The normalized spacial score (nSPS) is 11.3. The van der Waals surface area contributed by atoms with E-state index in [1.807, 2.05) is 0 Å². The Morgan fingerprint density at radius 3 is 0.835 bits per heavy atom. The molecule has 79 heavy (non-hydrogen) atoms. The Kier molecular flexibility index (Phi) is 12.2. The van der Waals surface area contributed by atoms with Crippen LogP contribution in [0.4, 0.5) is 0 Å². The van der Waals surface area contributed by atoms with Gasteiger partial charge in [-0.15, -0.1) is 0 Å². The summed E-state index contributed by atoms with van der Waals surface area (Å²) in [6.07, 6.45) is 0. The number of rotatable bonds is 11. The molecule has 0 fully saturated rings. The molecule has 0 bridgehead atoms. The number of nitrogens with zero attached hydrogens (tertiary/aromatic N) is 4. The smallest absolute Gasteiger partial charge is 0.164 e. The van der Waals surface area contributed by atoms with Crippen LogP contribution in [-0.4, -0.2) is 19.5 Å². The molecule has 14 aromatic rings. The monoisotopic (exact) mass is 1010 g/mol. The van der Waals surface area contributed by atoms with Crippen LogP contribution in [0.3, 0.4) is 0 Å². The van der Waals surface area contributed by atoms with Crippen LogP contribution in [0.15, 0.2) is 303 Å². The lowest BCUT2D eigenvalue weighted by Gasteiger charge is -2.12. The van der Waals surface area contributed by atoms with Crippen LogP contribution in [-0.2, 0) is 0 Å². The van der Waals surface area contributed by atoms with E-state index in [1.54, 1.807) is 0 Å². The molecule has 0 N–H and O–H groups in total. The summed E-state index contributed by atoms with van der Waals surface area (Å²) in [4.78, 5) is 15.8. The van der Waals surface area contributed by atoms with Gasteiger partial charge < -0.3 is 4.57 Å². The standard InChI is InChI=1S/C75H50N4/c1-3-17-51(18-4-1)57-21-11-24-60(45-57)62-26-13-23-59(47-62)55-39-37-53(38-40-55)54-41-43-56(44-42-54)73-76-74(78-75(77-73)67-31-16-32-68(50-67)79-71-35-9-7-33-69(71)70-34-8-10-36-72(70)79)66-30-15-29-65(49-66)64-28-14-27-63(48-64)61-25-12-22-58(46-61)52-19-5-2-6-20-52/h1-50H. The van der Waals surface area contributed by atoms with E-state index >= 15 is 0 Å². The van der Waals surface area contributed by atoms with Gasteiger partial charge in [-0.3, -0.25) is 0 Å². The van der Waals surface area contributed by atoms with Gasteiger partial charge in [0.15, 0.2) is 17.5 Å². The second kappa shape index (κ2) is 20.5. The quantitative estimate of drug-likeness (QED) is 0.130. The van der Waals surface area contributed by atoms with Crippen molar-refractivity contribution in [3.8, 4) is 118 Å². The fraction of sp³-hybridized carbons (Fsp3) is 0. The Morgan fingerprint density at radius 1 is 0.177 bits per heavy atom. The summed E-state index contributed by atoms with van der Waals surface area (Å²) in [6.45, 7) is 0. The van der Waals surface area contributed by atoms with Gasteiger partial charge in [0.05, 0.1) is 11.0 Å². The van der Waals surface area contributed by atoms with E-state index in [1.165, 1.54) is 60.8 Å². The molecule has 4 nitrogen and oxygen atoms in total. The lowest BCUT2D eigenvalue weighted by atomic mass is 9.95. The summed E-state index contributed by atoms with van der Waals surface area (Å²) < 4.78 is 2.33. The molecule has 14 rings (SSSR count). The average molecular weight is 1010 g/mol. The summed E-state index contributed by atoms with van der Waals surface area (Å²) in [5.41, 5.74) is 22.3. The third-order valence-corrected chi connectivity index (χ3v) is 15.1. The SMILES string of the molecule is c1ccc(-c2cccc(-c3cccc(-c4ccc(-c5ccc(-c6nc(-c7cccc(-c8cccc(-c9cccc(-c%10ccccc%10)c9)c8)c7)nc(-c7cccc(-n8c9ccccc9c9ccccc98)c7)n6)cc5)cc4)c3)c2)cc1. The van der Waals surface area contributed by atoms with Crippen molar-refractivity contribution in [1.29, 1.82) is 0 Å². The van der Waals surface area contributed by atoms with Gasteiger partial charge in [-0.2, -0.15) is 0 Å². The fourth-order valence-corrected chi connectivity index (χ4v) is 11.0. The van der Waals surface area contributed by atoms with Crippen molar-refractivity contribution in [2.75, 3.05) is 0 Å². The van der Waals surface area contributed by atoms with Gasteiger partial charge in [-0.1, -0.05) is 249 Å². The highest BCUT2D eigenvalue weighted by Gasteiger charge is 2.17. The average Bonchev–Trinajstić information content (AvgIpc) is 4.11. The zero-order valence-electron chi connectivity index (χ0n) is 43.2. The van der Waals surface area contributed by atoms with E-state index < -0.39 is 0 Å². The largest absolute Gasteiger partial charge is 0.309 e. The number of hydrogen-bond donors (Lipinski definition) is 0. The number of para-hydroxylation sites is 2. The second-order valence-corrected chi connectivity index (χ2v) is 20.0. The Labute approximate surface area is 460 Å². The Bertz CT molecular complexity index is 4470. The minimum atomic E-state index is 0.598. The number of benzene rings is 12. The maximum Gasteiger partial charge on any atom is 0.164 e. The van der Waals surface area contributed by atoms with Gasteiger partial charge in [0.1, 0.15) is 0 Å². The van der Waals surface area contributed by atoms with Crippen molar-refractivity contribution >= 4 is 21.8 Å². The highest BCUT2D eigenvalue weighted by Crippen LogP contribution is 2.37. The molecule has 0 atom stereocenters. The molecule has 0 saturated heterocycles. The highest BCUT2D eigenvalue weighted by molar-refractivity contribution is 6.09. The number of aromatic nitrogens is 4. The molecule has 0 aliphatic rings. The molecule has 370 valence electrons. The van der Waals surface area contributed by atoms with Crippen LogP contribution in [0.2, 0.25) is 0 Å². The molecule has 0 amide bonds. The first-order chi connectivity index (χ1) is 39.1. The van der Waals surface area contributed by atoms with Gasteiger partial charge in [0.25, 0.3) is 0 Å². The van der Waals surface area contributed by atoms with Gasteiger partial charge in [-0.25, -0.2) is 15.0 Å². The van der Waals surface area contributed by atoms with Gasteiger partial charge >= 0.3 is 0 Å². The molecule has 0 aliphatic heterocycles. The molecule has 2 aromatic heterocycles. The van der Waals surface area contributed by atoms with E-state index in [0.717, 1.165) is 61.2 Å². The zero-order chi connectivity index (χ0) is 52.5. The fourth-order valence-electron chi connectivity index (χ4n) is 11.0. The van der Waals surface area contributed by atoms with Crippen LogP contribution < -0.4 is 0 Å². The van der Waals surface area contributed by atoms with Crippen LogP contribution in [0.25, 0.3) is 140 Å². The number of hydrogen-bond acceptors (Lipinski definition) is 3. The lowest BCUT2D eigenvalue weighted by Crippen LogP contribution is -2.01. The third kappa shape index (κ3) is 9.39. The summed E-state index contributed by atoms with van der Waals surface area (Å²) in [5, 5.41) is 2.43. The first kappa shape index (κ1) is 46.9. The molecule has 4 heteroatoms. The Balaban J connectivity index is 0.805. The maximum absolute atomic E-state index is 5.29. The molecular weight excluding hydrogens is 957 g/mol. The van der Waals surface area contributed by atoms with Crippen molar-refractivity contribution in [3.05, 3.63) is 303 Å². The number of fused-ring (bicyclic) bond motifs is 3. The molecule has 12 aromatic carbocycles. The zero-order valence-corrected chi connectivity index (χ0v) is 43.2. The summed E-state index contributed by atoms with van der Waals surface area (Å²) in [7, 11) is 0. The maximum atomic E-state index is 5.29. The van der Waals surface area contributed by atoms with Crippen LogP contribution in [0.5, 0.6) is 0 Å². The first-order valence-electron chi connectivity index (χ1n) is 26.8. The predicted molar refractivity (Wildman–Crippen MR) is 329 cm³/mol. The Hall–Kier alpha value is -10.6. The van der Waals surface area contributed by atoms with E-state index in [4.69, 9.17) is 15.0 Å². The topological polar surface area (TPSA) is 43.6 Å². The van der Waals surface area contributed by atoms with Gasteiger partial charge in [-0.05, 0) is 132 Å².